The van der Waals surface area contributed by atoms with Crippen molar-refractivity contribution in [3.63, 3.8) is 0 Å². The Bertz CT molecular complexity index is 1190. The number of allylic oxidation sites excluding steroid dienone is 11. The van der Waals surface area contributed by atoms with Crippen LogP contribution in [0.5, 0.6) is 0 Å². The van der Waals surface area contributed by atoms with Gasteiger partial charge >= 0.3 is 0 Å². The van der Waals surface area contributed by atoms with Crippen LogP contribution in [0.25, 0.3) is 5.57 Å². The number of anilines is 2. The fourth-order valence-corrected chi connectivity index (χ4v) is 3.66. The number of rotatable bonds is 10. The average molecular weight is 444 g/mol. The zero-order valence-electron chi connectivity index (χ0n) is 20.1. The Balaban J connectivity index is 1.83. The standard InChI is InChI=1S/C33H33N/c1-4-6-8-9-14-21-32(28-18-12-10-13-19-28)29-23-25-30(26-24-29)34-33-22-16-15-20-31(33)27(3)17-11-7-5-2/h4-26,32,34H,3H2,1-2H3/b6-4+,7-5-,9-8-,17-11-,21-14-. The largest absolute Gasteiger partial charge is 0.355 e. The van der Waals surface area contributed by atoms with Crippen LogP contribution in [-0.4, -0.2) is 0 Å². The maximum Gasteiger partial charge on any atom is 0.0463 e. The summed E-state index contributed by atoms with van der Waals surface area (Å²) in [6, 6.07) is 27.6. The molecule has 3 rings (SSSR count). The normalized spacial score (nSPS) is 13.0. The number of hydrogen-bond donors (Lipinski definition) is 1. The van der Waals surface area contributed by atoms with Crippen LogP contribution in [0.3, 0.4) is 0 Å². The van der Waals surface area contributed by atoms with Gasteiger partial charge in [-0.2, -0.15) is 0 Å². The Morgan fingerprint density at radius 2 is 1.29 bits per heavy atom. The third-order valence-electron chi connectivity index (χ3n) is 5.41. The van der Waals surface area contributed by atoms with E-state index in [4.69, 9.17) is 0 Å². The summed E-state index contributed by atoms with van der Waals surface area (Å²) in [6.07, 6.45) is 20.6. The van der Waals surface area contributed by atoms with Gasteiger partial charge in [0.25, 0.3) is 0 Å². The molecule has 1 atom stereocenters. The van der Waals surface area contributed by atoms with Crippen molar-refractivity contribution in [3.05, 3.63) is 163 Å². The van der Waals surface area contributed by atoms with Crippen molar-refractivity contribution in [1.29, 1.82) is 0 Å². The Morgan fingerprint density at radius 3 is 2.03 bits per heavy atom. The van der Waals surface area contributed by atoms with Crippen molar-refractivity contribution >= 4 is 16.9 Å². The molecule has 0 radical (unpaired) electrons. The van der Waals surface area contributed by atoms with E-state index in [1.165, 1.54) is 11.1 Å². The van der Waals surface area contributed by atoms with E-state index in [9.17, 15) is 0 Å². The lowest BCUT2D eigenvalue weighted by Crippen LogP contribution is -1.99. The molecule has 0 bridgehead atoms. The number of nitrogens with one attached hydrogen (secondary N) is 1. The Labute approximate surface area is 204 Å². The smallest absolute Gasteiger partial charge is 0.0463 e. The predicted molar refractivity (Wildman–Crippen MR) is 151 cm³/mol. The molecule has 3 aromatic carbocycles. The molecule has 0 aliphatic carbocycles. The zero-order chi connectivity index (χ0) is 24.0. The Kier molecular flexibility index (Phi) is 9.71. The van der Waals surface area contributed by atoms with E-state index in [2.05, 4.69) is 96.9 Å². The molecule has 1 unspecified atom stereocenters. The molecule has 170 valence electrons. The predicted octanol–water partition coefficient (Wildman–Crippen LogP) is 9.40. The van der Waals surface area contributed by atoms with E-state index >= 15 is 0 Å². The number of benzene rings is 3. The van der Waals surface area contributed by atoms with Gasteiger partial charge in [0.15, 0.2) is 0 Å². The lowest BCUT2D eigenvalue weighted by molar-refractivity contribution is 1.03. The fourth-order valence-electron chi connectivity index (χ4n) is 3.66. The van der Waals surface area contributed by atoms with Crippen LogP contribution >= 0.6 is 0 Å². The fraction of sp³-hybridized carbons (Fsp3) is 0.0909. The lowest BCUT2D eigenvalue weighted by atomic mass is 9.90. The molecule has 0 saturated heterocycles. The topological polar surface area (TPSA) is 12.0 Å². The quantitative estimate of drug-likeness (QED) is 0.308. The first-order chi connectivity index (χ1) is 16.7. The minimum absolute atomic E-state index is 0.189. The summed E-state index contributed by atoms with van der Waals surface area (Å²) >= 11 is 0. The summed E-state index contributed by atoms with van der Waals surface area (Å²) in [5, 5.41) is 3.57. The molecule has 34 heavy (non-hydrogen) atoms. The van der Waals surface area contributed by atoms with Crippen molar-refractivity contribution in [1.82, 2.24) is 0 Å². The van der Waals surface area contributed by atoms with Crippen LogP contribution < -0.4 is 5.32 Å². The highest BCUT2D eigenvalue weighted by molar-refractivity contribution is 5.82. The van der Waals surface area contributed by atoms with Crippen molar-refractivity contribution in [3.8, 4) is 0 Å². The first-order valence-corrected chi connectivity index (χ1v) is 11.7. The third kappa shape index (κ3) is 7.21. The maximum atomic E-state index is 4.24. The summed E-state index contributed by atoms with van der Waals surface area (Å²) in [7, 11) is 0. The van der Waals surface area contributed by atoms with Crippen molar-refractivity contribution < 1.29 is 0 Å². The van der Waals surface area contributed by atoms with Gasteiger partial charge < -0.3 is 5.32 Å². The van der Waals surface area contributed by atoms with Gasteiger partial charge in [-0.25, -0.2) is 0 Å². The van der Waals surface area contributed by atoms with Gasteiger partial charge in [0.2, 0.25) is 0 Å². The molecule has 0 aromatic heterocycles. The van der Waals surface area contributed by atoms with Gasteiger partial charge in [0.05, 0.1) is 0 Å². The molecule has 1 nitrogen and oxygen atoms in total. The average Bonchev–Trinajstić information content (AvgIpc) is 2.88. The van der Waals surface area contributed by atoms with E-state index in [1.54, 1.807) is 0 Å². The third-order valence-corrected chi connectivity index (χ3v) is 5.41. The van der Waals surface area contributed by atoms with Crippen LogP contribution in [-0.2, 0) is 0 Å². The van der Waals surface area contributed by atoms with Crippen LogP contribution in [0, 0.1) is 0 Å². The van der Waals surface area contributed by atoms with Crippen molar-refractivity contribution in [2.24, 2.45) is 0 Å². The summed E-state index contributed by atoms with van der Waals surface area (Å²) in [5.41, 5.74) is 6.67. The second kappa shape index (κ2) is 13.4. The minimum atomic E-state index is 0.189. The van der Waals surface area contributed by atoms with Gasteiger partial charge in [-0.15, -0.1) is 0 Å². The molecule has 0 spiro atoms. The van der Waals surface area contributed by atoms with Crippen LogP contribution in [0.4, 0.5) is 11.4 Å². The van der Waals surface area contributed by atoms with E-state index in [1.807, 2.05) is 68.5 Å². The molecule has 0 aliphatic heterocycles. The summed E-state index contributed by atoms with van der Waals surface area (Å²) in [5.74, 6) is 0.189. The highest BCUT2D eigenvalue weighted by atomic mass is 14.9. The SMILES string of the molecule is C=C(/C=C\C=C/C)c1ccccc1Nc1ccc(C(\C=C/C=C\C=C\C)c2ccccc2)cc1. The molecular weight excluding hydrogens is 410 g/mol. The van der Waals surface area contributed by atoms with Crippen LogP contribution in [0.2, 0.25) is 0 Å². The van der Waals surface area contributed by atoms with Crippen molar-refractivity contribution in [2.75, 3.05) is 5.32 Å². The summed E-state index contributed by atoms with van der Waals surface area (Å²) in [4.78, 5) is 0. The van der Waals surface area contributed by atoms with Crippen LogP contribution in [0.1, 0.15) is 36.5 Å². The molecule has 0 saturated carbocycles. The summed E-state index contributed by atoms with van der Waals surface area (Å²) in [6.45, 7) is 8.26. The van der Waals surface area contributed by atoms with Gasteiger partial charge in [-0.3, -0.25) is 0 Å². The Hall–Kier alpha value is -4.10. The molecule has 3 aromatic rings. The van der Waals surface area contributed by atoms with Crippen molar-refractivity contribution in [2.45, 2.75) is 19.8 Å². The van der Waals surface area contributed by atoms with Gasteiger partial charge in [-0.1, -0.05) is 128 Å². The summed E-state index contributed by atoms with van der Waals surface area (Å²) < 4.78 is 0. The van der Waals surface area contributed by atoms with Crippen LogP contribution in [0.15, 0.2) is 146 Å². The lowest BCUT2D eigenvalue weighted by Gasteiger charge is -2.16. The Morgan fingerprint density at radius 1 is 0.676 bits per heavy atom. The van der Waals surface area contributed by atoms with Gasteiger partial charge in [-0.05, 0) is 48.7 Å². The second-order valence-electron chi connectivity index (χ2n) is 7.89. The highest BCUT2D eigenvalue weighted by Gasteiger charge is 2.11. The minimum Gasteiger partial charge on any atom is -0.355 e. The molecule has 0 heterocycles. The second-order valence-corrected chi connectivity index (χ2v) is 7.89. The maximum absolute atomic E-state index is 4.24. The molecule has 0 aliphatic rings. The molecular formula is C33H33N. The molecule has 0 fully saturated rings. The monoisotopic (exact) mass is 443 g/mol. The highest BCUT2D eigenvalue weighted by Crippen LogP contribution is 2.30. The van der Waals surface area contributed by atoms with Gasteiger partial charge in [0, 0.05) is 22.9 Å². The molecule has 0 amide bonds. The van der Waals surface area contributed by atoms with E-state index in [0.29, 0.717) is 0 Å². The van der Waals surface area contributed by atoms with E-state index in [0.717, 1.165) is 22.5 Å². The molecule has 1 N–H and O–H groups in total. The van der Waals surface area contributed by atoms with E-state index < -0.39 is 0 Å². The first-order valence-electron chi connectivity index (χ1n) is 11.7. The van der Waals surface area contributed by atoms with E-state index in [-0.39, 0.29) is 5.92 Å². The molecule has 1 heteroatoms. The number of hydrogen-bond acceptors (Lipinski definition) is 1. The zero-order valence-corrected chi connectivity index (χ0v) is 20.1. The number of para-hydroxylation sites is 1. The first kappa shape index (κ1) is 24.5. The van der Waals surface area contributed by atoms with Gasteiger partial charge in [0.1, 0.15) is 0 Å².